The molecule has 0 fully saturated rings. The van der Waals surface area contributed by atoms with Crippen LogP contribution in [0.4, 0.5) is 5.69 Å². The minimum atomic E-state index is -0.411. The first kappa shape index (κ1) is 11.6. The molecule has 2 amide bonds. The van der Waals surface area contributed by atoms with Crippen LogP contribution in [0.1, 0.15) is 12.5 Å². The highest BCUT2D eigenvalue weighted by atomic mass is 79.9. The highest BCUT2D eigenvalue weighted by molar-refractivity contribution is 9.10. The number of hydrogen-bond donors (Lipinski definition) is 0. The van der Waals surface area contributed by atoms with Crippen molar-refractivity contribution >= 4 is 33.4 Å². The Morgan fingerprint density at radius 3 is 2.59 bits per heavy atom. The minimum absolute atomic E-state index is 0.282. The van der Waals surface area contributed by atoms with Gasteiger partial charge in [-0.2, -0.15) is 5.26 Å². The number of rotatable bonds is 1. The van der Waals surface area contributed by atoms with Gasteiger partial charge in [0, 0.05) is 16.1 Å². The zero-order chi connectivity index (χ0) is 12.6. The molecule has 0 bridgehead atoms. The molecule has 1 aromatic carbocycles. The molecular weight excluding hydrogens is 284 g/mol. The molecule has 0 N–H and O–H groups in total. The molecule has 0 saturated carbocycles. The molecule has 0 saturated heterocycles. The van der Waals surface area contributed by atoms with E-state index in [1.807, 2.05) is 6.07 Å². The van der Waals surface area contributed by atoms with Gasteiger partial charge in [0.1, 0.15) is 6.07 Å². The Bertz CT molecular complexity index is 599. The van der Waals surface area contributed by atoms with Gasteiger partial charge in [-0.1, -0.05) is 15.9 Å². The van der Waals surface area contributed by atoms with Gasteiger partial charge in [-0.25, -0.2) is 4.90 Å². The molecule has 17 heavy (non-hydrogen) atoms. The monoisotopic (exact) mass is 290 g/mol. The van der Waals surface area contributed by atoms with Gasteiger partial charge < -0.3 is 0 Å². The topological polar surface area (TPSA) is 61.2 Å². The largest absolute Gasteiger partial charge is 0.269 e. The SMILES string of the molecule is CC1=CC(=O)N(c2ccc(Br)cc2C#N)C1=O. The lowest BCUT2D eigenvalue weighted by Gasteiger charge is -2.15. The summed E-state index contributed by atoms with van der Waals surface area (Å²) in [5, 5.41) is 9.00. The second-order valence-corrected chi connectivity index (χ2v) is 4.50. The van der Waals surface area contributed by atoms with Gasteiger partial charge in [-0.05, 0) is 25.1 Å². The zero-order valence-electron chi connectivity index (χ0n) is 8.90. The van der Waals surface area contributed by atoms with Crippen LogP contribution in [0.2, 0.25) is 0 Å². The number of hydrogen-bond acceptors (Lipinski definition) is 3. The van der Waals surface area contributed by atoms with E-state index in [-0.39, 0.29) is 11.5 Å². The van der Waals surface area contributed by atoms with Gasteiger partial charge in [-0.3, -0.25) is 9.59 Å². The molecule has 1 heterocycles. The summed E-state index contributed by atoms with van der Waals surface area (Å²) in [5.41, 5.74) is 0.977. The van der Waals surface area contributed by atoms with Gasteiger partial charge >= 0.3 is 0 Å². The van der Waals surface area contributed by atoms with Crippen molar-refractivity contribution in [1.29, 1.82) is 5.26 Å². The lowest BCUT2D eigenvalue weighted by atomic mass is 10.1. The number of imide groups is 1. The Kier molecular flexibility index (Phi) is 2.82. The molecular formula is C12H7BrN2O2. The first-order valence-electron chi connectivity index (χ1n) is 4.81. The summed E-state index contributed by atoms with van der Waals surface area (Å²) >= 11 is 3.24. The highest BCUT2D eigenvalue weighted by Crippen LogP contribution is 2.28. The Labute approximate surface area is 106 Å². The molecule has 1 aliphatic heterocycles. The normalized spacial score (nSPS) is 14.9. The van der Waals surface area contributed by atoms with E-state index in [9.17, 15) is 9.59 Å². The number of carbonyl (C=O) groups excluding carboxylic acids is 2. The molecule has 1 aliphatic rings. The molecule has 0 aromatic heterocycles. The van der Waals surface area contributed by atoms with Crippen LogP contribution < -0.4 is 4.90 Å². The lowest BCUT2D eigenvalue weighted by molar-refractivity contribution is -0.120. The Morgan fingerprint density at radius 1 is 1.35 bits per heavy atom. The molecule has 0 spiro atoms. The molecule has 1 aromatic rings. The van der Waals surface area contributed by atoms with Gasteiger partial charge in [0.15, 0.2) is 0 Å². The average Bonchev–Trinajstić information content (AvgIpc) is 2.54. The molecule has 0 atom stereocenters. The van der Waals surface area contributed by atoms with E-state index in [1.165, 1.54) is 6.08 Å². The standard InChI is InChI=1S/C12H7BrN2O2/c1-7-4-11(16)15(12(7)17)10-3-2-9(13)5-8(10)6-14/h2-5H,1H3. The summed E-state index contributed by atoms with van der Waals surface area (Å²) in [6.07, 6.45) is 1.27. The van der Waals surface area contributed by atoms with Crippen LogP contribution in [0.5, 0.6) is 0 Å². The fourth-order valence-electron chi connectivity index (χ4n) is 1.61. The molecule has 2 rings (SSSR count). The number of carbonyl (C=O) groups is 2. The number of benzene rings is 1. The molecule has 84 valence electrons. The van der Waals surface area contributed by atoms with E-state index < -0.39 is 5.91 Å². The summed E-state index contributed by atoms with van der Waals surface area (Å²) < 4.78 is 0.724. The lowest BCUT2D eigenvalue weighted by Crippen LogP contribution is -2.31. The number of nitrogens with zero attached hydrogens (tertiary/aromatic N) is 2. The maximum atomic E-state index is 11.8. The predicted molar refractivity (Wildman–Crippen MR) is 65.1 cm³/mol. The molecule has 0 radical (unpaired) electrons. The maximum Gasteiger partial charge on any atom is 0.261 e. The molecule has 0 unspecified atom stereocenters. The van der Waals surface area contributed by atoms with Crippen molar-refractivity contribution in [2.75, 3.05) is 4.90 Å². The van der Waals surface area contributed by atoms with Crippen molar-refractivity contribution in [3.63, 3.8) is 0 Å². The predicted octanol–water partition coefficient (Wildman–Crippen LogP) is 2.14. The van der Waals surface area contributed by atoms with E-state index in [0.29, 0.717) is 11.3 Å². The van der Waals surface area contributed by atoms with Crippen LogP contribution in [0.3, 0.4) is 0 Å². The Hall–Kier alpha value is -1.93. The third-order valence-corrected chi connectivity index (χ3v) is 2.91. The second kappa shape index (κ2) is 4.15. The van der Waals surface area contributed by atoms with Crippen molar-refractivity contribution in [3.8, 4) is 6.07 Å². The first-order chi connectivity index (χ1) is 8.04. The van der Waals surface area contributed by atoms with Crippen LogP contribution >= 0.6 is 15.9 Å². The number of halogens is 1. The van der Waals surface area contributed by atoms with Crippen molar-refractivity contribution < 1.29 is 9.59 Å². The smallest absolute Gasteiger partial charge is 0.261 e. The van der Waals surface area contributed by atoms with Gasteiger partial charge in [0.05, 0.1) is 11.3 Å². The second-order valence-electron chi connectivity index (χ2n) is 3.58. The van der Waals surface area contributed by atoms with Crippen LogP contribution in [-0.4, -0.2) is 11.8 Å². The Balaban J connectivity index is 2.54. The maximum absolute atomic E-state index is 11.8. The first-order valence-corrected chi connectivity index (χ1v) is 5.60. The van der Waals surface area contributed by atoms with Crippen molar-refractivity contribution in [2.45, 2.75) is 6.92 Å². The zero-order valence-corrected chi connectivity index (χ0v) is 10.5. The third-order valence-electron chi connectivity index (χ3n) is 2.42. The van der Waals surface area contributed by atoms with Gasteiger partial charge in [0.2, 0.25) is 0 Å². The van der Waals surface area contributed by atoms with E-state index in [0.717, 1.165) is 9.37 Å². The fourth-order valence-corrected chi connectivity index (χ4v) is 1.97. The van der Waals surface area contributed by atoms with E-state index in [1.54, 1.807) is 25.1 Å². The van der Waals surface area contributed by atoms with Crippen molar-refractivity contribution in [2.24, 2.45) is 0 Å². The van der Waals surface area contributed by atoms with Crippen LogP contribution in [0.15, 0.2) is 34.3 Å². The number of anilines is 1. The van der Waals surface area contributed by atoms with E-state index in [2.05, 4.69) is 15.9 Å². The van der Waals surface area contributed by atoms with E-state index in [4.69, 9.17) is 5.26 Å². The quantitative estimate of drug-likeness (QED) is 0.745. The summed E-state index contributed by atoms with van der Waals surface area (Å²) in [7, 11) is 0. The molecule has 4 nitrogen and oxygen atoms in total. The summed E-state index contributed by atoms with van der Waals surface area (Å²) in [4.78, 5) is 24.5. The van der Waals surface area contributed by atoms with E-state index >= 15 is 0 Å². The summed E-state index contributed by atoms with van der Waals surface area (Å²) in [6.45, 7) is 1.57. The Morgan fingerprint density at radius 2 is 2.06 bits per heavy atom. The van der Waals surface area contributed by atoms with Crippen molar-refractivity contribution in [3.05, 3.63) is 39.9 Å². The number of amides is 2. The van der Waals surface area contributed by atoms with Crippen LogP contribution in [0, 0.1) is 11.3 Å². The highest BCUT2D eigenvalue weighted by Gasteiger charge is 2.31. The molecule has 5 heteroatoms. The minimum Gasteiger partial charge on any atom is -0.269 e. The molecule has 0 aliphatic carbocycles. The summed E-state index contributed by atoms with van der Waals surface area (Å²) in [6, 6.07) is 6.80. The van der Waals surface area contributed by atoms with Crippen LogP contribution in [0.25, 0.3) is 0 Å². The van der Waals surface area contributed by atoms with Crippen molar-refractivity contribution in [1.82, 2.24) is 0 Å². The third kappa shape index (κ3) is 1.87. The van der Waals surface area contributed by atoms with Gasteiger partial charge in [-0.15, -0.1) is 0 Å². The average molecular weight is 291 g/mol. The number of nitriles is 1. The van der Waals surface area contributed by atoms with Crippen LogP contribution in [-0.2, 0) is 9.59 Å². The van der Waals surface area contributed by atoms with Gasteiger partial charge in [0.25, 0.3) is 11.8 Å². The fraction of sp³-hybridized carbons (Fsp3) is 0.0833. The summed E-state index contributed by atoms with van der Waals surface area (Å²) in [5.74, 6) is -0.792.